The average molecular weight is 323 g/mol. The zero-order chi connectivity index (χ0) is 15.2. The number of benzene rings is 1. The molecular formula is C15H17NO3S2. The van der Waals surface area contributed by atoms with Gasteiger partial charge in [0.1, 0.15) is 5.75 Å². The maximum absolute atomic E-state index is 10.7. The minimum atomic E-state index is -0.818. The number of carboxylic acid groups (broad SMARTS) is 1. The van der Waals surface area contributed by atoms with Gasteiger partial charge in [-0.1, -0.05) is 30.0 Å². The number of nitrogens with zero attached hydrogens (tertiary/aromatic N) is 1. The largest absolute Gasteiger partial charge is 0.492 e. The second-order valence-electron chi connectivity index (χ2n) is 4.52. The number of para-hydroxylation sites is 1. The standard InChI is InChI=1S/C15H17NO3S2/c1-10-5-3-4-6-12(10)19-7-8-20-15-16-11(2)13(21-15)9-14(17)18/h3-6H,7-9H2,1-2H3,(H,17,18). The molecule has 6 heteroatoms. The van der Waals surface area contributed by atoms with E-state index < -0.39 is 5.97 Å². The Labute approximate surface area is 132 Å². The van der Waals surface area contributed by atoms with Crippen LogP contribution >= 0.6 is 23.1 Å². The fraction of sp³-hybridized carbons (Fsp3) is 0.333. The van der Waals surface area contributed by atoms with Crippen LogP contribution in [0.15, 0.2) is 28.6 Å². The molecule has 2 aromatic rings. The van der Waals surface area contributed by atoms with Gasteiger partial charge in [0.15, 0.2) is 4.34 Å². The van der Waals surface area contributed by atoms with Crippen molar-refractivity contribution in [2.75, 3.05) is 12.4 Å². The molecule has 0 unspecified atom stereocenters. The van der Waals surface area contributed by atoms with Crippen molar-refractivity contribution in [3.63, 3.8) is 0 Å². The van der Waals surface area contributed by atoms with E-state index in [1.165, 1.54) is 11.3 Å². The van der Waals surface area contributed by atoms with Crippen LogP contribution in [-0.4, -0.2) is 28.4 Å². The fourth-order valence-corrected chi connectivity index (χ4v) is 3.88. The first-order valence-electron chi connectivity index (χ1n) is 6.55. The molecule has 4 nitrogen and oxygen atoms in total. The molecule has 1 N–H and O–H groups in total. The molecule has 0 aliphatic rings. The fourth-order valence-electron chi connectivity index (χ4n) is 1.76. The van der Waals surface area contributed by atoms with Crippen LogP contribution in [0.3, 0.4) is 0 Å². The molecule has 0 radical (unpaired) electrons. The summed E-state index contributed by atoms with van der Waals surface area (Å²) in [5.41, 5.74) is 1.93. The highest BCUT2D eigenvalue weighted by atomic mass is 32.2. The van der Waals surface area contributed by atoms with Crippen molar-refractivity contribution in [3.05, 3.63) is 40.4 Å². The van der Waals surface area contributed by atoms with Crippen LogP contribution in [-0.2, 0) is 11.2 Å². The van der Waals surface area contributed by atoms with Crippen molar-refractivity contribution in [1.29, 1.82) is 0 Å². The van der Waals surface area contributed by atoms with Gasteiger partial charge < -0.3 is 9.84 Å². The molecule has 2 rings (SSSR count). The molecule has 0 aliphatic heterocycles. The highest BCUT2D eigenvalue weighted by Gasteiger charge is 2.11. The zero-order valence-electron chi connectivity index (χ0n) is 12.0. The Morgan fingerprint density at radius 3 is 2.86 bits per heavy atom. The molecule has 21 heavy (non-hydrogen) atoms. The van der Waals surface area contributed by atoms with Crippen LogP contribution in [0.5, 0.6) is 5.75 Å². The summed E-state index contributed by atoms with van der Waals surface area (Å²) in [4.78, 5) is 15.9. The first-order chi connectivity index (χ1) is 10.1. The molecule has 0 bridgehead atoms. The number of hydrogen-bond donors (Lipinski definition) is 1. The number of hydrogen-bond acceptors (Lipinski definition) is 5. The zero-order valence-corrected chi connectivity index (χ0v) is 13.6. The van der Waals surface area contributed by atoms with E-state index in [2.05, 4.69) is 4.98 Å². The lowest BCUT2D eigenvalue weighted by molar-refractivity contribution is -0.136. The van der Waals surface area contributed by atoms with E-state index in [1.807, 2.05) is 38.1 Å². The van der Waals surface area contributed by atoms with Crippen LogP contribution in [0.4, 0.5) is 0 Å². The van der Waals surface area contributed by atoms with Crippen LogP contribution in [0, 0.1) is 13.8 Å². The number of thiazole rings is 1. The minimum absolute atomic E-state index is 0.0454. The number of aryl methyl sites for hydroxylation is 2. The van der Waals surface area contributed by atoms with Gasteiger partial charge in [0.05, 0.1) is 18.7 Å². The van der Waals surface area contributed by atoms with Gasteiger partial charge in [-0.25, -0.2) is 4.98 Å². The van der Waals surface area contributed by atoms with Gasteiger partial charge in [0.2, 0.25) is 0 Å². The number of aromatic nitrogens is 1. The van der Waals surface area contributed by atoms with Crippen molar-refractivity contribution >= 4 is 29.1 Å². The van der Waals surface area contributed by atoms with Gasteiger partial charge in [0, 0.05) is 10.6 Å². The van der Waals surface area contributed by atoms with Gasteiger partial charge in [-0.15, -0.1) is 11.3 Å². The first kappa shape index (κ1) is 15.9. The quantitative estimate of drug-likeness (QED) is 0.623. The van der Waals surface area contributed by atoms with Gasteiger partial charge in [0.25, 0.3) is 0 Å². The second-order valence-corrected chi connectivity index (χ2v) is 6.95. The smallest absolute Gasteiger partial charge is 0.308 e. The molecule has 0 atom stereocenters. The summed E-state index contributed by atoms with van der Waals surface area (Å²) in [6, 6.07) is 7.92. The van der Waals surface area contributed by atoms with Crippen LogP contribution in [0.1, 0.15) is 16.1 Å². The van der Waals surface area contributed by atoms with Crippen LogP contribution in [0.25, 0.3) is 0 Å². The first-order valence-corrected chi connectivity index (χ1v) is 8.36. The van der Waals surface area contributed by atoms with E-state index in [9.17, 15) is 4.79 Å². The Bertz CT molecular complexity index is 625. The number of ether oxygens (including phenoxy) is 1. The molecule has 0 aliphatic carbocycles. The number of carboxylic acids is 1. The Morgan fingerprint density at radius 2 is 2.14 bits per heavy atom. The number of carbonyl (C=O) groups is 1. The molecule has 112 valence electrons. The predicted molar refractivity (Wildman–Crippen MR) is 85.6 cm³/mol. The number of rotatable bonds is 7. The lowest BCUT2D eigenvalue weighted by Crippen LogP contribution is -2.01. The lowest BCUT2D eigenvalue weighted by atomic mass is 10.2. The lowest BCUT2D eigenvalue weighted by Gasteiger charge is -2.07. The van der Waals surface area contributed by atoms with Crippen molar-refractivity contribution in [2.24, 2.45) is 0 Å². The molecule has 0 amide bonds. The maximum atomic E-state index is 10.7. The molecule has 0 saturated heterocycles. The van der Waals surface area contributed by atoms with Gasteiger partial charge in [-0.2, -0.15) is 0 Å². The van der Waals surface area contributed by atoms with E-state index >= 15 is 0 Å². The van der Waals surface area contributed by atoms with Crippen molar-refractivity contribution in [1.82, 2.24) is 4.98 Å². The van der Waals surface area contributed by atoms with Gasteiger partial charge >= 0.3 is 5.97 Å². The van der Waals surface area contributed by atoms with Crippen LogP contribution < -0.4 is 4.74 Å². The predicted octanol–water partition coefficient (Wildman–Crippen LogP) is 3.56. The third-order valence-electron chi connectivity index (χ3n) is 2.84. The van der Waals surface area contributed by atoms with E-state index in [1.54, 1.807) is 11.8 Å². The molecule has 0 fully saturated rings. The Hall–Kier alpha value is -1.53. The molecular weight excluding hydrogens is 306 g/mol. The normalized spacial score (nSPS) is 10.6. The summed E-state index contributed by atoms with van der Waals surface area (Å²) in [7, 11) is 0. The molecule has 1 aromatic heterocycles. The molecule has 1 heterocycles. The van der Waals surface area contributed by atoms with Gasteiger partial charge in [-0.3, -0.25) is 4.79 Å². The maximum Gasteiger partial charge on any atom is 0.308 e. The Kier molecular flexibility index (Phi) is 5.64. The number of thioether (sulfide) groups is 1. The third-order valence-corrected chi connectivity index (χ3v) is 5.11. The van der Waals surface area contributed by atoms with E-state index in [0.29, 0.717) is 6.61 Å². The number of aliphatic carboxylic acids is 1. The highest BCUT2D eigenvalue weighted by Crippen LogP contribution is 2.27. The summed E-state index contributed by atoms with van der Waals surface area (Å²) in [5, 5.41) is 8.82. The third kappa shape index (κ3) is 4.75. The minimum Gasteiger partial charge on any atom is -0.492 e. The van der Waals surface area contributed by atoms with Crippen LogP contribution in [0.2, 0.25) is 0 Å². The Morgan fingerprint density at radius 1 is 1.38 bits per heavy atom. The van der Waals surface area contributed by atoms with Crippen molar-refractivity contribution < 1.29 is 14.6 Å². The SMILES string of the molecule is Cc1ccccc1OCCSc1nc(C)c(CC(=O)O)s1. The molecule has 0 saturated carbocycles. The summed E-state index contributed by atoms with van der Waals surface area (Å²) < 4.78 is 6.62. The van der Waals surface area contributed by atoms with E-state index in [0.717, 1.165) is 32.0 Å². The van der Waals surface area contributed by atoms with Gasteiger partial charge in [-0.05, 0) is 25.5 Å². The highest BCUT2D eigenvalue weighted by molar-refractivity contribution is 8.01. The van der Waals surface area contributed by atoms with Crippen molar-refractivity contribution in [3.8, 4) is 5.75 Å². The Balaban J connectivity index is 1.81. The summed E-state index contributed by atoms with van der Waals surface area (Å²) in [6.45, 7) is 4.47. The average Bonchev–Trinajstić information content (AvgIpc) is 2.76. The summed E-state index contributed by atoms with van der Waals surface area (Å²) in [6.07, 6.45) is 0.0454. The summed E-state index contributed by atoms with van der Waals surface area (Å²) >= 11 is 3.05. The monoisotopic (exact) mass is 323 g/mol. The van der Waals surface area contributed by atoms with E-state index in [-0.39, 0.29) is 6.42 Å². The van der Waals surface area contributed by atoms with Crippen molar-refractivity contribution in [2.45, 2.75) is 24.6 Å². The molecule has 0 spiro atoms. The molecule has 1 aromatic carbocycles. The summed E-state index contributed by atoms with van der Waals surface area (Å²) in [5.74, 6) is 0.870. The topological polar surface area (TPSA) is 59.4 Å². The second kappa shape index (κ2) is 7.47. The van der Waals surface area contributed by atoms with E-state index in [4.69, 9.17) is 9.84 Å².